The molecule has 0 saturated heterocycles. The lowest BCUT2D eigenvalue weighted by Gasteiger charge is -2.09. The van der Waals surface area contributed by atoms with Gasteiger partial charge in [0, 0.05) is 18.4 Å². The molecule has 0 unspecified atom stereocenters. The highest BCUT2D eigenvalue weighted by molar-refractivity contribution is 5.90. The fourth-order valence-corrected chi connectivity index (χ4v) is 1.98. The molecule has 21 heavy (non-hydrogen) atoms. The smallest absolute Gasteiger partial charge is 0.339 e. The molecule has 1 fully saturated rings. The van der Waals surface area contributed by atoms with Gasteiger partial charge in [0.25, 0.3) is 5.88 Å². The molecule has 0 amide bonds. The number of aromatic carboxylic acids is 1. The van der Waals surface area contributed by atoms with Crippen molar-refractivity contribution in [3.05, 3.63) is 52.3 Å². The summed E-state index contributed by atoms with van der Waals surface area (Å²) in [7, 11) is 0. The largest absolute Gasteiger partial charge is 0.478 e. The van der Waals surface area contributed by atoms with Crippen molar-refractivity contribution in [2.24, 2.45) is 0 Å². The second kappa shape index (κ2) is 5.01. The van der Waals surface area contributed by atoms with Gasteiger partial charge < -0.3 is 14.4 Å². The average Bonchev–Trinajstić information content (AvgIpc) is 3.27. The molecule has 1 aliphatic rings. The third-order valence-corrected chi connectivity index (χ3v) is 3.16. The number of rotatable bonds is 4. The zero-order valence-corrected chi connectivity index (χ0v) is 10.8. The molecule has 1 aromatic carbocycles. The van der Waals surface area contributed by atoms with Crippen LogP contribution in [0.1, 0.15) is 29.2 Å². The molecule has 7 heteroatoms. The first-order valence-corrected chi connectivity index (χ1v) is 6.34. The van der Waals surface area contributed by atoms with Crippen LogP contribution in [0.3, 0.4) is 0 Å². The number of nitrogens with zero attached hydrogens (tertiary/aromatic N) is 2. The summed E-state index contributed by atoms with van der Waals surface area (Å²) in [6.07, 6.45) is 4.81. The summed E-state index contributed by atoms with van der Waals surface area (Å²) in [5.74, 6) is -2.39. The Morgan fingerprint density at radius 3 is 2.86 bits per heavy atom. The summed E-state index contributed by atoms with van der Waals surface area (Å²) < 4.78 is 19.9. The molecule has 0 aliphatic heterocycles. The molecule has 0 radical (unpaired) electrons. The Labute approximate surface area is 118 Å². The van der Waals surface area contributed by atoms with E-state index in [2.05, 4.69) is 4.98 Å². The first-order valence-electron chi connectivity index (χ1n) is 6.34. The second-order valence-corrected chi connectivity index (χ2v) is 4.72. The normalized spacial score (nSPS) is 14.0. The lowest BCUT2D eigenvalue weighted by Crippen LogP contribution is -2.21. The van der Waals surface area contributed by atoms with Crippen molar-refractivity contribution in [1.82, 2.24) is 9.55 Å². The highest BCUT2D eigenvalue weighted by Crippen LogP contribution is 2.33. The monoisotopic (exact) mass is 290 g/mol. The van der Waals surface area contributed by atoms with Gasteiger partial charge in [-0.05, 0) is 31.0 Å². The molecule has 3 rings (SSSR count). The lowest BCUT2D eigenvalue weighted by molar-refractivity contribution is 0.0693. The SMILES string of the molecule is O=C(O)c1cc(F)ccc1Oc1nccn(C2CC2)c1=O. The Balaban J connectivity index is 1.99. The minimum Gasteiger partial charge on any atom is -0.478 e. The Morgan fingerprint density at radius 1 is 1.43 bits per heavy atom. The van der Waals surface area contributed by atoms with Gasteiger partial charge in [-0.2, -0.15) is 0 Å². The zero-order chi connectivity index (χ0) is 15.0. The number of carboxylic acids is 1. The van der Waals surface area contributed by atoms with Gasteiger partial charge in [-0.3, -0.25) is 4.79 Å². The van der Waals surface area contributed by atoms with E-state index in [1.807, 2.05) is 0 Å². The Bertz CT molecular complexity index is 768. The third kappa shape index (κ3) is 2.62. The van der Waals surface area contributed by atoms with Crippen LogP contribution >= 0.6 is 0 Å². The van der Waals surface area contributed by atoms with Crippen LogP contribution in [0.15, 0.2) is 35.4 Å². The van der Waals surface area contributed by atoms with Crippen molar-refractivity contribution in [2.75, 3.05) is 0 Å². The highest BCUT2D eigenvalue weighted by atomic mass is 19.1. The van der Waals surface area contributed by atoms with Gasteiger partial charge >= 0.3 is 11.5 Å². The quantitative estimate of drug-likeness (QED) is 0.933. The molecule has 0 atom stereocenters. The van der Waals surface area contributed by atoms with Crippen LogP contribution in [-0.4, -0.2) is 20.6 Å². The Morgan fingerprint density at radius 2 is 2.19 bits per heavy atom. The number of carbonyl (C=O) groups is 1. The Hall–Kier alpha value is -2.70. The van der Waals surface area contributed by atoms with E-state index >= 15 is 0 Å². The summed E-state index contributed by atoms with van der Waals surface area (Å²) in [4.78, 5) is 27.1. The number of aromatic nitrogens is 2. The van der Waals surface area contributed by atoms with Crippen molar-refractivity contribution in [2.45, 2.75) is 18.9 Å². The van der Waals surface area contributed by atoms with Gasteiger partial charge in [0.1, 0.15) is 17.1 Å². The summed E-state index contributed by atoms with van der Waals surface area (Å²) in [5, 5.41) is 9.04. The summed E-state index contributed by atoms with van der Waals surface area (Å²) >= 11 is 0. The van der Waals surface area contributed by atoms with E-state index in [9.17, 15) is 14.0 Å². The summed E-state index contributed by atoms with van der Waals surface area (Å²) in [6, 6.07) is 3.20. The second-order valence-electron chi connectivity index (χ2n) is 4.72. The molecule has 0 spiro atoms. The number of carboxylic acid groups (broad SMARTS) is 1. The van der Waals surface area contributed by atoms with E-state index in [0.717, 1.165) is 31.0 Å². The summed E-state index contributed by atoms with van der Waals surface area (Å²) in [6.45, 7) is 0. The molecule has 6 nitrogen and oxygen atoms in total. The van der Waals surface area contributed by atoms with E-state index in [-0.39, 0.29) is 23.2 Å². The molecule has 108 valence electrons. The number of benzene rings is 1. The topological polar surface area (TPSA) is 81.4 Å². The maximum absolute atomic E-state index is 13.1. The third-order valence-electron chi connectivity index (χ3n) is 3.16. The van der Waals surface area contributed by atoms with Crippen molar-refractivity contribution >= 4 is 5.97 Å². The molecular weight excluding hydrogens is 279 g/mol. The van der Waals surface area contributed by atoms with Crippen LogP contribution in [0, 0.1) is 5.82 Å². The van der Waals surface area contributed by atoms with Crippen molar-refractivity contribution < 1.29 is 19.0 Å². The molecule has 2 aromatic rings. The Kier molecular flexibility index (Phi) is 3.17. The van der Waals surface area contributed by atoms with Crippen molar-refractivity contribution in [1.29, 1.82) is 0 Å². The van der Waals surface area contributed by atoms with Gasteiger partial charge in [-0.1, -0.05) is 0 Å². The highest BCUT2D eigenvalue weighted by Gasteiger charge is 2.26. The maximum atomic E-state index is 13.1. The fourth-order valence-electron chi connectivity index (χ4n) is 1.98. The number of hydrogen-bond donors (Lipinski definition) is 1. The predicted molar refractivity (Wildman–Crippen MR) is 70.2 cm³/mol. The van der Waals surface area contributed by atoms with E-state index < -0.39 is 17.3 Å². The standard InChI is InChI=1S/C14H11FN2O4/c15-8-1-4-11(10(7-8)14(19)20)21-12-13(18)17(6-5-16-12)9-2-3-9/h1,4-7,9H,2-3H2,(H,19,20). The number of halogens is 1. The molecule has 0 bridgehead atoms. The van der Waals surface area contributed by atoms with Crippen LogP contribution < -0.4 is 10.3 Å². The molecule has 1 aromatic heterocycles. The molecule has 1 N–H and O–H groups in total. The molecule has 1 heterocycles. The van der Waals surface area contributed by atoms with Crippen LogP contribution in [0.4, 0.5) is 4.39 Å². The van der Waals surface area contributed by atoms with Crippen LogP contribution in [-0.2, 0) is 0 Å². The maximum Gasteiger partial charge on any atom is 0.339 e. The molecular formula is C14H11FN2O4. The van der Waals surface area contributed by atoms with Gasteiger partial charge in [0.05, 0.1) is 0 Å². The van der Waals surface area contributed by atoms with Gasteiger partial charge in [-0.15, -0.1) is 0 Å². The number of hydrogen-bond acceptors (Lipinski definition) is 4. The number of ether oxygens (including phenoxy) is 1. The van der Waals surface area contributed by atoms with Crippen LogP contribution in [0.5, 0.6) is 11.6 Å². The van der Waals surface area contributed by atoms with Gasteiger partial charge in [0.15, 0.2) is 0 Å². The minimum atomic E-state index is -1.34. The first-order chi connectivity index (χ1) is 10.1. The van der Waals surface area contributed by atoms with Gasteiger partial charge in [0.2, 0.25) is 0 Å². The average molecular weight is 290 g/mol. The van der Waals surface area contributed by atoms with Crippen LogP contribution in [0.25, 0.3) is 0 Å². The van der Waals surface area contributed by atoms with E-state index in [1.165, 1.54) is 10.8 Å². The van der Waals surface area contributed by atoms with Gasteiger partial charge in [-0.25, -0.2) is 14.2 Å². The minimum absolute atomic E-state index is 0.123. The van der Waals surface area contributed by atoms with E-state index in [1.54, 1.807) is 6.20 Å². The van der Waals surface area contributed by atoms with E-state index in [4.69, 9.17) is 9.84 Å². The van der Waals surface area contributed by atoms with Crippen molar-refractivity contribution in [3.63, 3.8) is 0 Å². The van der Waals surface area contributed by atoms with Crippen LogP contribution in [0.2, 0.25) is 0 Å². The molecule has 1 aliphatic carbocycles. The lowest BCUT2D eigenvalue weighted by atomic mass is 10.2. The fraction of sp³-hybridized carbons (Fsp3) is 0.214. The van der Waals surface area contributed by atoms with E-state index in [0.29, 0.717) is 0 Å². The van der Waals surface area contributed by atoms with Crippen molar-refractivity contribution in [3.8, 4) is 11.6 Å². The summed E-state index contributed by atoms with van der Waals surface area (Å²) in [5.41, 5.74) is -0.793. The first kappa shape index (κ1) is 13.3. The zero-order valence-electron chi connectivity index (χ0n) is 10.8. The molecule has 1 saturated carbocycles. The predicted octanol–water partition coefficient (Wildman–Crippen LogP) is 2.21.